The Morgan fingerprint density at radius 1 is 0.886 bits per heavy atom. The summed E-state index contributed by atoms with van der Waals surface area (Å²) in [4.78, 5) is 18.9. The monoisotopic (exact) mass is 503 g/mol. The van der Waals surface area contributed by atoms with Crippen molar-refractivity contribution in [2.24, 2.45) is 11.8 Å². The molecule has 0 N–H and O–H groups in total. The number of ketones is 1. The van der Waals surface area contributed by atoms with Crippen molar-refractivity contribution in [1.29, 1.82) is 0 Å². The predicted molar refractivity (Wildman–Crippen MR) is 149 cm³/mol. The van der Waals surface area contributed by atoms with Crippen LogP contribution >= 0.6 is 22.9 Å². The SMILES string of the molecule is O=C(CC1CCC(CCN2CCN(c3nsc4ccccc34)CC2)CC1)c1cc2ccccc2s1. The van der Waals surface area contributed by atoms with Crippen LogP contribution < -0.4 is 4.90 Å². The topological polar surface area (TPSA) is 36.4 Å². The molecule has 2 aromatic heterocycles. The molecule has 1 aliphatic heterocycles. The number of carbonyl (C=O) groups excluding carboxylic acids is 1. The van der Waals surface area contributed by atoms with Gasteiger partial charge in [-0.3, -0.25) is 9.69 Å². The molecule has 182 valence electrons. The standard InChI is InChI=1S/C29H33N3OS2/c33-25(28-20-23-5-1-3-7-26(23)34-28)19-22-11-9-21(10-12-22)13-14-31-15-17-32(18-16-31)29-24-6-2-4-8-27(24)35-30-29/h1-8,20-22H,9-19H2. The van der Waals surface area contributed by atoms with E-state index in [0.717, 1.165) is 43.4 Å². The Labute approximate surface area is 215 Å². The quantitative estimate of drug-likeness (QED) is 0.252. The molecule has 3 heterocycles. The number of anilines is 1. The summed E-state index contributed by atoms with van der Waals surface area (Å²) in [6, 6.07) is 19.0. The van der Waals surface area contributed by atoms with Crippen molar-refractivity contribution in [2.75, 3.05) is 37.6 Å². The van der Waals surface area contributed by atoms with Gasteiger partial charge in [0.2, 0.25) is 0 Å². The Kier molecular flexibility index (Phi) is 6.86. The average Bonchev–Trinajstić information content (AvgIpc) is 3.53. The Morgan fingerprint density at radius 2 is 1.60 bits per heavy atom. The lowest BCUT2D eigenvalue weighted by Crippen LogP contribution is -2.47. The molecule has 1 saturated carbocycles. The van der Waals surface area contributed by atoms with Crippen LogP contribution in [0.25, 0.3) is 20.2 Å². The van der Waals surface area contributed by atoms with Gasteiger partial charge in [-0.2, -0.15) is 4.37 Å². The number of nitrogens with zero attached hydrogens (tertiary/aromatic N) is 3. The molecule has 2 aliphatic rings. The molecular weight excluding hydrogens is 470 g/mol. The first-order valence-electron chi connectivity index (χ1n) is 13.1. The lowest BCUT2D eigenvalue weighted by molar-refractivity contribution is 0.0944. The van der Waals surface area contributed by atoms with Gasteiger partial charge < -0.3 is 4.90 Å². The Bertz CT molecular complexity index is 1260. The molecule has 1 aliphatic carbocycles. The fourth-order valence-corrected chi connectivity index (χ4v) is 7.66. The number of hydrogen-bond acceptors (Lipinski definition) is 6. The highest BCUT2D eigenvalue weighted by molar-refractivity contribution is 7.20. The summed E-state index contributed by atoms with van der Waals surface area (Å²) >= 11 is 3.27. The van der Waals surface area contributed by atoms with Crippen molar-refractivity contribution in [3.63, 3.8) is 0 Å². The van der Waals surface area contributed by atoms with Crippen LogP contribution in [0.5, 0.6) is 0 Å². The highest BCUT2D eigenvalue weighted by Crippen LogP contribution is 2.35. The number of fused-ring (bicyclic) bond motifs is 2. The van der Waals surface area contributed by atoms with Crippen molar-refractivity contribution in [1.82, 2.24) is 9.27 Å². The van der Waals surface area contributed by atoms with E-state index in [0.29, 0.717) is 11.7 Å². The van der Waals surface area contributed by atoms with E-state index in [1.54, 1.807) is 22.9 Å². The molecule has 6 heteroatoms. The minimum Gasteiger partial charge on any atom is -0.353 e. The Morgan fingerprint density at radius 3 is 2.40 bits per heavy atom. The molecule has 1 saturated heterocycles. The van der Waals surface area contributed by atoms with E-state index in [9.17, 15) is 4.79 Å². The minimum absolute atomic E-state index is 0.348. The number of rotatable bonds is 7. The number of carbonyl (C=O) groups is 1. The van der Waals surface area contributed by atoms with Crippen LogP contribution in [0.1, 0.15) is 48.2 Å². The van der Waals surface area contributed by atoms with E-state index in [-0.39, 0.29) is 0 Å². The first kappa shape index (κ1) is 23.1. The summed E-state index contributed by atoms with van der Waals surface area (Å²) in [6.07, 6.45) is 7.03. The first-order valence-corrected chi connectivity index (χ1v) is 14.7. The third kappa shape index (κ3) is 5.16. The summed E-state index contributed by atoms with van der Waals surface area (Å²) in [5.41, 5.74) is 0. The lowest BCUT2D eigenvalue weighted by Gasteiger charge is -2.36. The lowest BCUT2D eigenvalue weighted by atomic mass is 9.78. The van der Waals surface area contributed by atoms with Crippen molar-refractivity contribution in [2.45, 2.75) is 38.5 Å². The van der Waals surface area contributed by atoms with Gasteiger partial charge in [-0.25, -0.2) is 0 Å². The molecule has 0 radical (unpaired) electrons. The number of piperazine rings is 1. The minimum atomic E-state index is 0.348. The second-order valence-electron chi connectivity index (χ2n) is 10.3. The largest absolute Gasteiger partial charge is 0.353 e. The molecule has 2 fully saturated rings. The maximum atomic E-state index is 12.9. The van der Waals surface area contributed by atoms with Crippen LogP contribution in [0, 0.1) is 11.8 Å². The average molecular weight is 504 g/mol. The van der Waals surface area contributed by atoms with Gasteiger partial charge >= 0.3 is 0 Å². The Balaban J connectivity index is 0.930. The van der Waals surface area contributed by atoms with E-state index < -0.39 is 0 Å². The van der Waals surface area contributed by atoms with Crippen molar-refractivity contribution >= 4 is 54.6 Å². The van der Waals surface area contributed by atoms with Crippen molar-refractivity contribution in [3.05, 3.63) is 59.5 Å². The van der Waals surface area contributed by atoms with Gasteiger partial charge in [-0.15, -0.1) is 11.3 Å². The summed E-state index contributed by atoms with van der Waals surface area (Å²) in [5, 5.41) is 2.50. The van der Waals surface area contributed by atoms with E-state index >= 15 is 0 Å². The zero-order valence-corrected chi connectivity index (χ0v) is 21.8. The second kappa shape index (κ2) is 10.4. The molecule has 4 aromatic rings. The van der Waals surface area contributed by atoms with Crippen LogP contribution in [0.2, 0.25) is 0 Å². The van der Waals surface area contributed by atoms with Crippen LogP contribution in [0.3, 0.4) is 0 Å². The van der Waals surface area contributed by atoms with Crippen molar-refractivity contribution < 1.29 is 4.79 Å². The summed E-state index contributed by atoms with van der Waals surface area (Å²) in [6.45, 7) is 5.61. The maximum absolute atomic E-state index is 12.9. The summed E-state index contributed by atoms with van der Waals surface area (Å²) < 4.78 is 7.25. The molecule has 2 aromatic carbocycles. The zero-order valence-electron chi connectivity index (χ0n) is 20.2. The van der Waals surface area contributed by atoms with Gasteiger partial charge in [0.05, 0.1) is 9.58 Å². The predicted octanol–water partition coefficient (Wildman–Crippen LogP) is 7.10. The van der Waals surface area contributed by atoms with Gasteiger partial charge in [0, 0.05) is 42.7 Å². The number of aromatic nitrogens is 1. The fraction of sp³-hybridized carbons (Fsp3) is 0.448. The number of benzene rings is 2. The van der Waals surface area contributed by atoms with Gasteiger partial charge in [0.15, 0.2) is 5.78 Å². The molecule has 0 bridgehead atoms. The van der Waals surface area contributed by atoms with Gasteiger partial charge in [-0.1, -0.05) is 43.2 Å². The summed E-state index contributed by atoms with van der Waals surface area (Å²) in [5.74, 6) is 2.92. The van der Waals surface area contributed by atoms with Crippen LogP contribution in [-0.2, 0) is 0 Å². The van der Waals surface area contributed by atoms with E-state index in [4.69, 9.17) is 4.37 Å². The first-order chi connectivity index (χ1) is 17.2. The van der Waals surface area contributed by atoms with Gasteiger partial charge in [0.1, 0.15) is 5.82 Å². The smallest absolute Gasteiger partial charge is 0.173 e. The Hall–Kier alpha value is -2.28. The molecule has 35 heavy (non-hydrogen) atoms. The zero-order chi connectivity index (χ0) is 23.6. The molecule has 0 atom stereocenters. The fourth-order valence-electron chi connectivity index (χ4n) is 5.86. The van der Waals surface area contributed by atoms with Crippen LogP contribution in [0.15, 0.2) is 54.6 Å². The maximum Gasteiger partial charge on any atom is 0.173 e. The molecule has 4 nitrogen and oxygen atoms in total. The third-order valence-electron chi connectivity index (χ3n) is 8.02. The molecule has 0 spiro atoms. The van der Waals surface area contributed by atoms with Crippen molar-refractivity contribution in [3.8, 4) is 0 Å². The van der Waals surface area contributed by atoms with E-state index in [1.165, 1.54) is 64.6 Å². The molecule has 0 unspecified atom stereocenters. The van der Waals surface area contributed by atoms with E-state index in [2.05, 4.69) is 58.3 Å². The van der Waals surface area contributed by atoms with Gasteiger partial charge in [-0.05, 0) is 78.8 Å². The van der Waals surface area contributed by atoms with E-state index in [1.807, 2.05) is 6.07 Å². The number of hydrogen-bond donors (Lipinski definition) is 0. The number of thiophene rings is 1. The molecule has 6 rings (SSSR count). The molecular formula is C29H33N3OS2. The second-order valence-corrected chi connectivity index (χ2v) is 12.2. The highest BCUT2D eigenvalue weighted by Gasteiger charge is 2.26. The van der Waals surface area contributed by atoms with Gasteiger partial charge in [0.25, 0.3) is 0 Å². The normalized spacial score (nSPS) is 21.7. The third-order valence-corrected chi connectivity index (χ3v) is 10.00. The number of Topliss-reactive ketones (excluding diaryl/α,β-unsaturated/α-hetero) is 1. The van der Waals surface area contributed by atoms with Crippen LogP contribution in [-0.4, -0.2) is 47.8 Å². The van der Waals surface area contributed by atoms with Crippen LogP contribution in [0.4, 0.5) is 5.82 Å². The molecule has 0 amide bonds. The highest BCUT2D eigenvalue weighted by atomic mass is 32.1. The summed E-state index contributed by atoms with van der Waals surface area (Å²) in [7, 11) is 0.